The van der Waals surface area contributed by atoms with E-state index in [1.165, 1.54) is 16.2 Å². The molecule has 0 N–H and O–H groups in total. The fourth-order valence-electron chi connectivity index (χ4n) is 1.000. The van der Waals surface area contributed by atoms with Crippen molar-refractivity contribution >= 4 is 28.6 Å². The summed E-state index contributed by atoms with van der Waals surface area (Å²) in [6, 6.07) is 8.13. The molecule has 0 atom stereocenters. The summed E-state index contributed by atoms with van der Waals surface area (Å²) in [5, 5.41) is 0. The van der Waals surface area contributed by atoms with Crippen LogP contribution in [0.1, 0.15) is 12.0 Å². The molecule has 0 aromatic heterocycles. The Morgan fingerprint density at radius 3 is 2.54 bits per heavy atom. The molecule has 0 saturated carbocycles. The van der Waals surface area contributed by atoms with E-state index in [9.17, 15) is 4.79 Å². The zero-order valence-corrected chi connectivity index (χ0v) is 9.58. The SMILES string of the molecule is COC(=O)CCc1ccc(I)cc1. The lowest BCUT2D eigenvalue weighted by Crippen LogP contribution is -2.01. The second kappa shape index (κ2) is 5.21. The lowest BCUT2D eigenvalue weighted by Gasteiger charge is -2.00. The number of carbonyl (C=O) groups excluding carboxylic acids is 1. The van der Waals surface area contributed by atoms with Gasteiger partial charge in [0.15, 0.2) is 0 Å². The number of methoxy groups -OCH3 is 1. The summed E-state index contributed by atoms with van der Waals surface area (Å²) in [4.78, 5) is 10.8. The number of rotatable bonds is 3. The van der Waals surface area contributed by atoms with Crippen molar-refractivity contribution in [3.05, 3.63) is 33.4 Å². The number of benzene rings is 1. The molecule has 13 heavy (non-hydrogen) atoms. The Kier molecular flexibility index (Phi) is 4.21. The van der Waals surface area contributed by atoms with Crippen LogP contribution >= 0.6 is 22.6 Å². The van der Waals surface area contributed by atoms with Crippen molar-refractivity contribution in [2.24, 2.45) is 0 Å². The highest BCUT2D eigenvalue weighted by atomic mass is 127. The quantitative estimate of drug-likeness (QED) is 0.631. The van der Waals surface area contributed by atoms with E-state index in [0.29, 0.717) is 6.42 Å². The van der Waals surface area contributed by atoms with Gasteiger partial charge in [0.1, 0.15) is 0 Å². The van der Waals surface area contributed by atoms with E-state index in [1.807, 2.05) is 24.3 Å². The topological polar surface area (TPSA) is 26.3 Å². The fourth-order valence-corrected chi connectivity index (χ4v) is 1.36. The molecule has 1 aromatic rings. The number of hydrogen-bond acceptors (Lipinski definition) is 2. The van der Waals surface area contributed by atoms with E-state index in [4.69, 9.17) is 0 Å². The van der Waals surface area contributed by atoms with Gasteiger partial charge in [-0.25, -0.2) is 0 Å². The number of aryl methyl sites for hydroxylation is 1. The molecular formula is C10H11IO2. The van der Waals surface area contributed by atoms with Crippen molar-refractivity contribution in [1.29, 1.82) is 0 Å². The van der Waals surface area contributed by atoms with Crippen LogP contribution in [-0.2, 0) is 16.0 Å². The first-order chi connectivity index (χ1) is 6.22. The summed E-state index contributed by atoms with van der Waals surface area (Å²) in [6.07, 6.45) is 1.21. The second-order valence-electron chi connectivity index (χ2n) is 2.70. The predicted molar refractivity (Wildman–Crippen MR) is 59.5 cm³/mol. The molecule has 0 aliphatic rings. The third-order valence-corrected chi connectivity index (χ3v) is 2.48. The molecule has 0 heterocycles. The van der Waals surface area contributed by atoms with E-state index in [1.54, 1.807) is 0 Å². The Morgan fingerprint density at radius 2 is 2.00 bits per heavy atom. The normalized spacial score (nSPS) is 9.69. The number of halogens is 1. The Bertz CT molecular complexity index is 279. The van der Waals surface area contributed by atoms with Gasteiger partial charge < -0.3 is 4.74 Å². The van der Waals surface area contributed by atoms with E-state index < -0.39 is 0 Å². The van der Waals surface area contributed by atoms with Crippen LogP contribution in [-0.4, -0.2) is 13.1 Å². The lowest BCUT2D eigenvalue weighted by molar-refractivity contribution is -0.140. The van der Waals surface area contributed by atoms with Gasteiger partial charge >= 0.3 is 5.97 Å². The molecule has 70 valence electrons. The highest BCUT2D eigenvalue weighted by molar-refractivity contribution is 14.1. The monoisotopic (exact) mass is 290 g/mol. The molecule has 3 heteroatoms. The lowest BCUT2D eigenvalue weighted by atomic mass is 10.1. The van der Waals surface area contributed by atoms with Gasteiger partial charge in [0.05, 0.1) is 7.11 Å². The van der Waals surface area contributed by atoms with Crippen LogP contribution in [0.2, 0.25) is 0 Å². The van der Waals surface area contributed by atoms with E-state index in [2.05, 4.69) is 27.3 Å². The predicted octanol–water partition coefficient (Wildman–Crippen LogP) is 2.40. The Morgan fingerprint density at radius 1 is 1.38 bits per heavy atom. The molecule has 0 spiro atoms. The molecular weight excluding hydrogens is 279 g/mol. The van der Waals surface area contributed by atoms with Crippen LogP contribution in [0.3, 0.4) is 0 Å². The van der Waals surface area contributed by atoms with Crippen molar-refractivity contribution in [2.45, 2.75) is 12.8 Å². The van der Waals surface area contributed by atoms with Crippen LogP contribution < -0.4 is 0 Å². The smallest absolute Gasteiger partial charge is 0.305 e. The summed E-state index contributed by atoms with van der Waals surface area (Å²) in [6.45, 7) is 0. The summed E-state index contributed by atoms with van der Waals surface area (Å²) >= 11 is 2.25. The van der Waals surface area contributed by atoms with Gasteiger partial charge in [-0.3, -0.25) is 4.79 Å². The first-order valence-electron chi connectivity index (χ1n) is 4.03. The second-order valence-corrected chi connectivity index (χ2v) is 3.95. The van der Waals surface area contributed by atoms with Crippen LogP contribution in [0, 0.1) is 3.57 Å². The number of carbonyl (C=O) groups is 1. The van der Waals surface area contributed by atoms with Gasteiger partial charge in [-0.1, -0.05) is 12.1 Å². The maximum Gasteiger partial charge on any atom is 0.305 e. The van der Waals surface area contributed by atoms with Crippen LogP contribution in [0.5, 0.6) is 0 Å². The molecule has 0 amide bonds. The summed E-state index contributed by atoms with van der Waals surface area (Å²) in [5.74, 6) is -0.154. The Balaban J connectivity index is 2.46. The summed E-state index contributed by atoms with van der Waals surface area (Å²) in [7, 11) is 1.41. The maximum atomic E-state index is 10.8. The molecule has 0 radical (unpaired) electrons. The Labute approximate surface area is 91.4 Å². The fraction of sp³-hybridized carbons (Fsp3) is 0.300. The molecule has 2 nitrogen and oxygen atoms in total. The maximum absolute atomic E-state index is 10.8. The first-order valence-corrected chi connectivity index (χ1v) is 5.11. The third kappa shape index (κ3) is 3.76. The van der Waals surface area contributed by atoms with Crippen molar-refractivity contribution in [2.75, 3.05) is 7.11 Å². The van der Waals surface area contributed by atoms with Gasteiger partial charge in [0, 0.05) is 9.99 Å². The van der Waals surface area contributed by atoms with E-state index in [-0.39, 0.29) is 5.97 Å². The van der Waals surface area contributed by atoms with Gasteiger partial charge in [-0.05, 0) is 46.7 Å². The molecule has 0 unspecified atom stereocenters. The minimum atomic E-state index is -0.154. The van der Waals surface area contributed by atoms with Crippen LogP contribution in [0.4, 0.5) is 0 Å². The zero-order valence-electron chi connectivity index (χ0n) is 7.42. The summed E-state index contributed by atoms with van der Waals surface area (Å²) in [5.41, 5.74) is 1.17. The van der Waals surface area contributed by atoms with E-state index in [0.717, 1.165) is 6.42 Å². The molecule has 0 fully saturated rings. The highest BCUT2D eigenvalue weighted by Gasteiger charge is 2.00. The molecule has 0 bridgehead atoms. The number of ether oxygens (including phenoxy) is 1. The van der Waals surface area contributed by atoms with Gasteiger partial charge in [-0.2, -0.15) is 0 Å². The largest absolute Gasteiger partial charge is 0.469 e. The van der Waals surface area contributed by atoms with Crippen LogP contribution in [0.15, 0.2) is 24.3 Å². The van der Waals surface area contributed by atoms with Gasteiger partial charge in [0.25, 0.3) is 0 Å². The number of esters is 1. The average Bonchev–Trinajstić information content (AvgIpc) is 2.16. The highest BCUT2D eigenvalue weighted by Crippen LogP contribution is 2.08. The molecule has 0 aliphatic carbocycles. The van der Waals surface area contributed by atoms with Crippen molar-refractivity contribution in [1.82, 2.24) is 0 Å². The van der Waals surface area contributed by atoms with Crippen molar-refractivity contribution < 1.29 is 9.53 Å². The molecule has 0 aliphatic heterocycles. The Hall–Kier alpha value is -0.580. The van der Waals surface area contributed by atoms with E-state index >= 15 is 0 Å². The van der Waals surface area contributed by atoms with Crippen LogP contribution in [0.25, 0.3) is 0 Å². The summed E-state index contributed by atoms with van der Waals surface area (Å²) < 4.78 is 5.76. The van der Waals surface area contributed by atoms with Crippen molar-refractivity contribution in [3.63, 3.8) is 0 Å². The molecule has 1 aromatic carbocycles. The zero-order chi connectivity index (χ0) is 9.68. The standard InChI is InChI=1S/C10H11IO2/c1-13-10(12)7-4-8-2-5-9(11)6-3-8/h2-3,5-6H,4,7H2,1H3. The van der Waals surface area contributed by atoms with Gasteiger partial charge in [-0.15, -0.1) is 0 Å². The average molecular weight is 290 g/mol. The molecule has 1 rings (SSSR count). The van der Waals surface area contributed by atoms with Gasteiger partial charge in [0.2, 0.25) is 0 Å². The minimum absolute atomic E-state index is 0.154. The molecule has 0 saturated heterocycles. The first kappa shape index (κ1) is 10.5. The van der Waals surface area contributed by atoms with Crippen molar-refractivity contribution in [3.8, 4) is 0 Å². The minimum Gasteiger partial charge on any atom is -0.469 e. The third-order valence-electron chi connectivity index (χ3n) is 1.76. The number of hydrogen-bond donors (Lipinski definition) is 0.